The van der Waals surface area contributed by atoms with Crippen LogP contribution in [-0.4, -0.2) is 40.5 Å². The minimum Gasteiger partial charge on any atom is -0.497 e. The maximum Gasteiger partial charge on any atom is 0.339 e. The van der Waals surface area contributed by atoms with E-state index in [-0.39, 0.29) is 27.7 Å². The van der Waals surface area contributed by atoms with Crippen molar-refractivity contribution < 1.29 is 36.5 Å². The second-order valence-corrected chi connectivity index (χ2v) is 9.46. The van der Waals surface area contributed by atoms with Crippen LogP contribution in [0.3, 0.4) is 0 Å². The summed E-state index contributed by atoms with van der Waals surface area (Å²) in [4.78, 5) is 38.8. The number of anilines is 1. The predicted molar refractivity (Wildman–Crippen MR) is 134 cm³/mol. The van der Waals surface area contributed by atoms with Crippen molar-refractivity contribution in [2.45, 2.75) is 11.8 Å². The average molecular weight is 523 g/mol. The van der Waals surface area contributed by atoms with Gasteiger partial charge in [0.25, 0.3) is 11.8 Å². The highest BCUT2D eigenvalue weighted by Crippen LogP contribution is 2.32. The van der Waals surface area contributed by atoms with Crippen LogP contribution in [0.25, 0.3) is 6.08 Å². The first-order valence-corrected chi connectivity index (χ1v) is 12.3. The molecular formula is C26H22N2O8S. The van der Waals surface area contributed by atoms with Crippen molar-refractivity contribution in [3.05, 3.63) is 83.4 Å². The quantitative estimate of drug-likeness (QED) is 0.284. The Balaban J connectivity index is 1.64. The molecule has 0 spiro atoms. The first-order chi connectivity index (χ1) is 17.6. The van der Waals surface area contributed by atoms with Crippen LogP contribution >= 0.6 is 0 Å². The molecule has 190 valence electrons. The van der Waals surface area contributed by atoms with E-state index in [9.17, 15) is 22.8 Å². The molecule has 3 aromatic carbocycles. The van der Waals surface area contributed by atoms with Crippen molar-refractivity contribution in [1.29, 1.82) is 0 Å². The Labute approximate surface area is 213 Å². The zero-order chi connectivity index (χ0) is 26.7. The van der Waals surface area contributed by atoms with Crippen LogP contribution < -0.4 is 23.9 Å². The van der Waals surface area contributed by atoms with Crippen molar-refractivity contribution in [3.8, 4) is 17.2 Å². The molecule has 37 heavy (non-hydrogen) atoms. The molecule has 1 heterocycles. The van der Waals surface area contributed by atoms with Crippen LogP contribution in [-0.2, 0) is 19.7 Å². The van der Waals surface area contributed by atoms with Gasteiger partial charge in [0.05, 0.1) is 19.9 Å². The number of nitrogens with zero attached hydrogens (tertiary/aromatic N) is 1. The fraction of sp³-hybridized carbons (Fsp3) is 0.115. The highest BCUT2D eigenvalue weighted by molar-refractivity contribution is 7.87. The van der Waals surface area contributed by atoms with E-state index in [0.717, 1.165) is 10.5 Å². The first-order valence-electron chi connectivity index (χ1n) is 10.9. The Morgan fingerprint density at radius 2 is 1.51 bits per heavy atom. The molecule has 10 nitrogen and oxygen atoms in total. The summed E-state index contributed by atoms with van der Waals surface area (Å²) in [5.74, 6) is -1.21. The third kappa shape index (κ3) is 5.31. The lowest BCUT2D eigenvalue weighted by Gasteiger charge is -2.26. The van der Waals surface area contributed by atoms with E-state index in [0.29, 0.717) is 11.3 Å². The van der Waals surface area contributed by atoms with Crippen LogP contribution in [0.1, 0.15) is 11.1 Å². The van der Waals surface area contributed by atoms with Crippen molar-refractivity contribution in [2.24, 2.45) is 0 Å². The Kier molecular flexibility index (Phi) is 6.98. The van der Waals surface area contributed by atoms with Crippen LogP contribution in [0.5, 0.6) is 17.2 Å². The Hall–Kier alpha value is -4.64. The van der Waals surface area contributed by atoms with Crippen LogP contribution in [0.4, 0.5) is 10.5 Å². The molecule has 0 atom stereocenters. The lowest BCUT2D eigenvalue weighted by atomic mass is 10.1. The van der Waals surface area contributed by atoms with E-state index in [1.165, 1.54) is 62.8 Å². The van der Waals surface area contributed by atoms with Crippen LogP contribution in [0, 0.1) is 6.92 Å². The van der Waals surface area contributed by atoms with Crippen LogP contribution in [0.2, 0.25) is 0 Å². The Morgan fingerprint density at radius 3 is 2.14 bits per heavy atom. The molecule has 4 amide bonds. The van der Waals surface area contributed by atoms with Gasteiger partial charge in [-0.1, -0.05) is 23.8 Å². The lowest BCUT2D eigenvalue weighted by molar-refractivity contribution is -0.122. The monoisotopic (exact) mass is 522 g/mol. The summed E-state index contributed by atoms with van der Waals surface area (Å²) < 4.78 is 41.0. The summed E-state index contributed by atoms with van der Waals surface area (Å²) in [6.07, 6.45) is 1.27. The minimum atomic E-state index is -4.14. The molecule has 1 saturated heterocycles. The minimum absolute atomic E-state index is 0.0286. The van der Waals surface area contributed by atoms with E-state index in [1.54, 1.807) is 24.3 Å². The number of rotatable bonds is 7. The maximum absolute atomic E-state index is 13.1. The number of methoxy groups -OCH3 is 2. The van der Waals surface area contributed by atoms with Gasteiger partial charge in [-0.3, -0.25) is 14.9 Å². The standard InChI is InChI=1S/C26H22N2O8S/c1-16-4-11-20(12-5-16)37(32,33)36-22-13-6-17(15-23(22)35-3)14-21-24(29)27-26(31)28(25(21)30)18-7-9-19(34-2)10-8-18/h4-15H,1-3H3,(H,27,29,31)/b21-14+. The number of nitrogens with one attached hydrogen (secondary N) is 1. The van der Waals surface area contributed by atoms with Gasteiger partial charge in [-0.15, -0.1) is 0 Å². The molecule has 0 unspecified atom stereocenters. The third-order valence-electron chi connectivity index (χ3n) is 5.44. The number of benzene rings is 3. The van der Waals surface area contributed by atoms with Gasteiger partial charge in [-0.2, -0.15) is 8.42 Å². The highest BCUT2D eigenvalue weighted by Gasteiger charge is 2.36. The van der Waals surface area contributed by atoms with Gasteiger partial charge < -0.3 is 13.7 Å². The largest absolute Gasteiger partial charge is 0.497 e. The van der Waals surface area contributed by atoms with Crippen molar-refractivity contribution in [3.63, 3.8) is 0 Å². The number of ether oxygens (including phenoxy) is 2. The van der Waals surface area contributed by atoms with E-state index < -0.39 is 28.0 Å². The number of imide groups is 2. The van der Waals surface area contributed by atoms with Crippen molar-refractivity contribution >= 4 is 39.7 Å². The predicted octanol–water partition coefficient (Wildman–Crippen LogP) is 3.45. The maximum atomic E-state index is 13.1. The van der Waals surface area contributed by atoms with Gasteiger partial charge >= 0.3 is 16.1 Å². The van der Waals surface area contributed by atoms with Gasteiger partial charge in [0, 0.05) is 0 Å². The Bertz CT molecular complexity index is 1510. The molecule has 11 heteroatoms. The molecule has 1 N–H and O–H groups in total. The summed E-state index contributed by atoms with van der Waals surface area (Å²) in [6.45, 7) is 1.83. The van der Waals surface area contributed by atoms with E-state index in [2.05, 4.69) is 5.32 Å². The zero-order valence-electron chi connectivity index (χ0n) is 20.0. The molecule has 1 fully saturated rings. The van der Waals surface area contributed by atoms with Crippen LogP contribution in [0.15, 0.2) is 77.2 Å². The molecular weight excluding hydrogens is 500 g/mol. The zero-order valence-corrected chi connectivity index (χ0v) is 20.9. The first kappa shape index (κ1) is 25.5. The molecule has 3 aromatic rings. The SMILES string of the molecule is COc1ccc(N2C(=O)NC(=O)/C(=C\c3ccc(OS(=O)(=O)c4ccc(C)cc4)c(OC)c3)C2=O)cc1. The number of carbonyl (C=O) groups is 3. The summed E-state index contributed by atoms with van der Waals surface area (Å²) in [5.41, 5.74) is 1.16. The summed E-state index contributed by atoms with van der Waals surface area (Å²) in [5, 5.41) is 2.14. The van der Waals surface area contributed by atoms with Crippen molar-refractivity contribution in [1.82, 2.24) is 5.32 Å². The fourth-order valence-electron chi connectivity index (χ4n) is 3.50. The van der Waals surface area contributed by atoms with E-state index in [1.807, 2.05) is 6.92 Å². The fourth-order valence-corrected chi connectivity index (χ4v) is 4.44. The Morgan fingerprint density at radius 1 is 0.838 bits per heavy atom. The molecule has 0 radical (unpaired) electrons. The molecule has 1 aliphatic heterocycles. The normalized spacial score (nSPS) is 14.9. The number of amides is 4. The number of hydrogen-bond acceptors (Lipinski definition) is 8. The van der Waals surface area contributed by atoms with Gasteiger partial charge in [-0.25, -0.2) is 9.69 Å². The molecule has 4 rings (SSSR count). The summed E-state index contributed by atoms with van der Waals surface area (Å²) >= 11 is 0. The topological polar surface area (TPSA) is 128 Å². The number of carbonyl (C=O) groups excluding carboxylic acids is 3. The number of aryl methyl sites for hydroxylation is 1. The number of urea groups is 1. The van der Waals surface area contributed by atoms with Gasteiger partial charge in [0.1, 0.15) is 16.2 Å². The number of hydrogen-bond donors (Lipinski definition) is 1. The lowest BCUT2D eigenvalue weighted by Crippen LogP contribution is -2.54. The second-order valence-electron chi connectivity index (χ2n) is 7.92. The van der Waals surface area contributed by atoms with Gasteiger partial charge in [-0.05, 0) is 67.1 Å². The van der Waals surface area contributed by atoms with Crippen molar-refractivity contribution in [2.75, 3.05) is 19.1 Å². The molecule has 0 aromatic heterocycles. The highest BCUT2D eigenvalue weighted by atomic mass is 32.2. The summed E-state index contributed by atoms with van der Waals surface area (Å²) in [6, 6.07) is 15.6. The van der Waals surface area contributed by atoms with Gasteiger partial charge in [0.2, 0.25) is 0 Å². The average Bonchev–Trinajstić information content (AvgIpc) is 2.87. The smallest absolute Gasteiger partial charge is 0.339 e. The van der Waals surface area contributed by atoms with Gasteiger partial charge in [0.15, 0.2) is 11.5 Å². The molecule has 0 aliphatic carbocycles. The van der Waals surface area contributed by atoms with E-state index in [4.69, 9.17) is 13.7 Å². The second kappa shape index (κ2) is 10.2. The van der Waals surface area contributed by atoms with E-state index >= 15 is 0 Å². The molecule has 1 aliphatic rings. The number of barbiturate groups is 1. The molecule has 0 bridgehead atoms. The summed E-state index contributed by atoms with van der Waals surface area (Å²) in [7, 11) is -1.33. The third-order valence-corrected chi connectivity index (χ3v) is 6.69. The molecule has 0 saturated carbocycles.